The molecule has 1 aromatic carbocycles. The number of carbonyl (C=O) groups excluding carboxylic acids is 1. The van der Waals surface area contributed by atoms with Crippen LogP contribution >= 0.6 is 11.3 Å². The third-order valence-electron chi connectivity index (χ3n) is 3.89. The zero-order chi connectivity index (χ0) is 15.3. The standard InChI is InChI=1S/C15H12N4O2S/c16-11-9-3-1-2-8-4-6-19(12(8)9)14(21)10(11)13(20)18-15-17-5-7-22-15/h1-3,5,7H,4,6,16H2,(H,17,18,20). The Labute approximate surface area is 129 Å². The van der Waals surface area contributed by atoms with E-state index in [2.05, 4.69) is 10.3 Å². The average Bonchev–Trinajstić information content (AvgIpc) is 3.14. The third-order valence-corrected chi connectivity index (χ3v) is 4.58. The van der Waals surface area contributed by atoms with Crippen molar-refractivity contribution in [3.8, 4) is 0 Å². The maximum Gasteiger partial charge on any atom is 0.266 e. The number of nitrogens with zero attached hydrogens (tertiary/aromatic N) is 2. The molecule has 0 fully saturated rings. The van der Waals surface area contributed by atoms with E-state index in [0.717, 1.165) is 22.9 Å². The molecule has 0 atom stereocenters. The maximum atomic E-state index is 12.6. The van der Waals surface area contributed by atoms with Gasteiger partial charge in [-0.2, -0.15) is 0 Å². The first-order chi connectivity index (χ1) is 10.7. The summed E-state index contributed by atoms with van der Waals surface area (Å²) >= 11 is 1.29. The van der Waals surface area contributed by atoms with Crippen molar-refractivity contribution in [1.82, 2.24) is 9.55 Å². The second kappa shape index (κ2) is 4.67. The molecule has 2 aromatic heterocycles. The summed E-state index contributed by atoms with van der Waals surface area (Å²) in [4.78, 5) is 29.1. The fraction of sp³-hybridized carbons (Fsp3) is 0.133. The fourth-order valence-corrected chi connectivity index (χ4v) is 3.45. The minimum Gasteiger partial charge on any atom is -0.397 e. The Morgan fingerprint density at radius 2 is 2.27 bits per heavy atom. The van der Waals surface area contributed by atoms with Crippen LogP contribution in [0, 0.1) is 0 Å². The molecule has 0 spiro atoms. The summed E-state index contributed by atoms with van der Waals surface area (Å²) in [5.74, 6) is -0.514. The first-order valence-electron chi connectivity index (χ1n) is 6.81. The van der Waals surface area contributed by atoms with E-state index in [1.54, 1.807) is 16.1 Å². The van der Waals surface area contributed by atoms with Gasteiger partial charge in [0.05, 0.1) is 11.2 Å². The molecule has 0 aliphatic carbocycles. The van der Waals surface area contributed by atoms with Crippen molar-refractivity contribution in [3.05, 3.63) is 51.3 Å². The minimum atomic E-state index is -0.514. The minimum absolute atomic E-state index is 0.0123. The van der Waals surface area contributed by atoms with Gasteiger partial charge in [0.25, 0.3) is 11.5 Å². The van der Waals surface area contributed by atoms with Crippen molar-refractivity contribution < 1.29 is 4.79 Å². The second-order valence-electron chi connectivity index (χ2n) is 5.10. The van der Waals surface area contributed by atoms with E-state index in [4.69, 9.17) is 5.73 Å². The molecule has 1 amide bonds. The van der Waals surface area contributed by atoms with Crippen molar-refractivity contribution in [1.29, 1.82) is 0 Å². The van der Waals surface area contributed by atoms with Crippen molar-refractivity contribution in [2.24, 2.45) is 0 Å². The van der Waals surface area contributed by atoms with E-state index in [1.807, 2.05) is 18.2 Å². The number of benzene rings is 1. The summed E-state index contributed by atoms with van der Waals surface area (Å²) in [6.45, 7) is 0.576. The van der Waals surface area contributed by atoms with Gasteiger partial charge in [-0.25, -0.2) is 4.98 Å². The number of nitrogens with two attached hydrogens (primary N) is 1. The lowest BCUT2D eigenvalue weighted by molar-refractivity contribution is 0.102. The number of nitrogen functional groups attached to an aromatic ring is 1. The number of rotatable bonds is 2. The summed E-state index contributed by atoms with van der Waals surface area (Å²) < 4.78 is 1.64. The van der Waals surface area contributed by atoms with Crippen LogP contribution in [0.2, 0.25) is 0 Å². The number of hydrogen-bond donors (Lipinski definition) is 2. The predicted molar refractivity (Wildman–Crippen MR) is 86.4 cm³/mol. The number of aromatic nitrogens is 2. The van der Waals surface area contributed by atoms with Crippen molar-refractivity contribution in [2.45, 2.75) is 13.0 Å². The summed E-state index contributed by atoms with van der Waals surface area (Å²) in [7, 11) is 0. The number of amides is 1. The summed E-state index contributed by atoms with van der Waals surface area (Å²) in [5, 5.41) is 5.57. The number of pyridine rings is 1. The molecular formula is C15H12N4O2S. The van der Waals surface area contributed by atoms with Crippen LogP contribution in [0.15, 0.2) is 34.6 Å². The van der Waals surface area contributed by atoms with Crippen molar-refractivity contribution >= 4 is 39.0 Å². The Kier molecular flexibility index (Phi) is 2.77. The van der Waals surface area contributed by atoms with Gasteiger partial charge in [0.2, 0.25) is 0 Å². The van der Waals surface area contributed by atoms with Gasteiger partial charge < -0.3 is 10.3 Å². The van der Waals surface area contributed by atoms with E-state index in [9.17, 15) is 9.59 Å². The van der Waals surface area contributed by atoms with Crippen LogP contribution in [0.5, 0.6) is 0 Å². The number of aryl methyl sites for hydroxylation is 2. The second-order valence-corrected chi connectivity index (χ2v) is 5.99. The molecule has 0 bridgehead atoms. The molecule has 4 rings (SSSR count). The molecule has 7 heteroatoms. The number of thiazole rings is 1. The molecule has 1 aliphatic rings. The Hall–Kier alpha value is -2.67. The highest BCUT2D eigenvalue weighted by molar-refractivity contribution is 7.13. The molecule has 3 N–H and O–H groups in total. The fourth-order valence-electron chi connectivity index (χ4n) is 2.93. The van der Waals surface area contributed by atoms with Crippen molar-refractivity contribution in [3.63, 3.8) is 0 Å². The zero-order valence-corrected chi connectivity index (χ0v) is 12.3. The summed E-state index contributed by atoms with van der Waals surface area (Å²) in [6, 6.07) is 5.73. The largest absolute Gasteiger partial charge is 0.397 e. The number of anilines is 2. The van der Waals surface area contributed by atoms with Crippen LogP contribution in [-0.4, -0.2) is 15.5 Å². The van der Waals surface area contributed by atoms with Gasteiger partial charge in [-0.1, -0.05) is 18.2 Å². The van der Waals surface area contributed by atoms with Crippen LogP contribution in [0.25, 0.3) is 10.9 Å². The quantitative estimate of drug-likeness (QED) is 0.755. The highest BCUT2D eigenvalue weighted by Gasteiger charge is 2.25. The van der Waals surface area contributed by atoms with Crippen LogP contribution < -0.4 is 16.6 Å². The van der Waals surface area contributed by atoms with Crippen LogP contribution in [-0.2, 0) is 13.0 Å². The highest BCUT2D eigenvalue weighted by atomic mass is 32.1. The number of carbonyl (C=O) groups is 1. The molecule has 110 valence electrons. The SMILES string of the molecule is Nc1c(C(=O)Nc2nccs2)c(=O)n2c3c(cccc13)CC2. The molecule has 0 unspecified atom stereocenters. The molecule has 0 saturated carbocycles. The lowest BCUT2D eigenvalue weighted by Crippen LogP contribution is -2.30. The third kappa shape index (κ3) is 1.75. The summed E-state index contributed by atoms with van der Waals surface area (Å²) in [5.41, 5.74) is 7.93. The number of hydrogen-bond acceptors (Lipinski definition) is 5. The van der Waals surface area contributed by atoms with Crippen LogP contribution in [0.4, 0.5) is 10.8 Å². The molecule has 6 nitrogen and oxygen atoms in total. The van der Waals surface area contributed by atoms with Crippen molar-refractivity contribution in [2.75, 3.05) is 11.1 Å². The highest BCUT2D eigenvalue weighted by Crippen LogP contribution is 2.29. The van der Waals surface area contributed by atoms with Gasteiger partial charge in [0.15, 0.2) is 5.13 Å². The number of para-hydroxylation sites is 1. The molecular weight excluding hydrogens is 300 g/mol. The first-order valence-corrected chi connectivity index (χ1v) is 7.69. The molecule has 3 heterocycles. The Morgan fingerprint density at radius 3 is 3.05 bits per heavy atom. The van der Waals surface area contributed by atoms with E-state index in [-0.39, 0.29) is 16.8 Å². The molecule has 3 aromatic rings. The monoisotopic (exact) mass is 312 g/mol. The lowest BCUT2D eigenvalue weighted by Gasteiger charge is -2.11. The maximum absolute atomic E-state index is 12.6. The summed E-state index contributed by atoms with van der Waals surface area (Å²) in [6.07, 6.45) is 2.37. The topological polar surface area (TPSA) is 90.0 Å². The molecule has 0 saturated heterocycles. The number of nitrogens with one attached hydrogen (secondary N) is 1. The molecule has 1 aliphatic heterocycles. The predicted octanol–water partition coefficient (Wildman–Crippen LogP) is 1.85. The molecule has 22 heavy (non-hydrogen) atoms. The van der Waals surface area contributed by atoms with Gasteiger partial charge >= 0.3 is 0 Å². The van der Waals surface area contributed by atoms with E-state index >= 15 is 0 Å². The molecule has 0 radical (unpaired) electrons. The normalized spacial score (nSPS) is 12.7. The van der Waals surface area contributed by atoms with E-state index in [0.29, 0.717) is 11.7 Å². The van der Waals surface area contributed by atoms with Crippen LogP contribution in [0.1, 0.15) is 15.9 Å². The Balaban J connectivity index is 1.93. The Morgan fingerprint density at radius 1 is 1.41 bits per heavy atom. The lowest BCUT2D eigenvalue weighted by atomic mass is 10.1. The first kappa shape index (κ1) is 13.0. The average molecular weight is 312 g/mol. The van der Waals surface area contributed by atoms with E-state index in [1.165, 1.54) is 11.3 Å². The van der Waals surface area contributed by atoms with E-state index < -0.39 is 5.91 Å². The smallest absolute Gasteiger partial charge is 0.266 e. The zero-order valence-electron chi connectivity index (χ0n) is 11.5. The van der Waals surface area contributed by atoms with Gasteiger partial charge in [-0.15, -0.1) is 11.3 Å². The van der Waals surface area contributed by atoms with Gasteiger partial charge in [-0.05, 0) is 12.0 Å². The van der Waals surface area contributed by atoms with Gasteiger partial charge in [-0.3, -0.25) is 14.9 Å². The van der Waals surface area contributed by atoms with Crippen LogP contribution in [0.3, 0.4) is 0 Å². The Bertz CT molecular complexity index is 960. The van der Waals surface area contributed by atoms with Gasteiger partial charge in [0.1, 0.15) is 5.56 Å². The van der Waals surface area contributed by atoms with Gasteiger partial charge in [0, 0.05) is 23.5 Å².